The zero-order valence-electron chi connectivity index (χ0n) is 19.5. The summed E-state index contributed by atoms with van der Waals surface area (Å²) < 4.78 is 0. The zero-order valence-corrected chi connectivity index (χ0v) is 19.5. The number of hydrogen-bond acceptors (Lipinski definition) is 9. The van der Waals surface area contributed by atoms with Crippen LogP contribution in [-0.4, -0.2) is 62.8 Å². The van der Waals surface area contributed by atoms with Gasteiger partial charge in [0.25, 0.3) is 6.71 Å². The van der Waals surface area contributed by atoms with Crippen molar-refractivity contribution in [3.63, 3.8) is 0 Å². The first kappa shape index (κ1) is 22.3. The number of H-pyrrole nitrogens is 1. The lowest BCUT2D eigenvalue weighted by molar-refractivity contribution is 0.432. The van der Waals surface area contributed by atoms with Crippen molar-refractivity contribution in [3.8, 4) is 17.5 Å². The second-order valence-electron chi connectivity index (χ2n) is 8.62. The van der Waals surface area contributed by atoms with E-state index in [1.807, 2.05) is 18.2 Å². The molecule has 0 unspecified atom stereocenters. The highest BCUT2D eigenvalue weighted by Crippen LogP contribution is 2.34. The second-order valence-corrected chi connectivity index (χ2v) is 8.62. The summed E-state index contributed by atoms with van der Waals surface area (Å²) in [6.07, 6.45) is 6.60. The van der Waals surface area contributed by atoms with Gasteiger partial charge in [-0.3, -0.25) is 5.41 Å². The topological polar surface area (TPSA) is 150 Å². The average Bonchev–Trinajstić information content (AvgIpc) is 3.43. The Morgan fingerprint density at radius 2 is 2.09 bits per heavy atom. The number of nitriles is 1. The van der Waals surface area contributed by atoms with Crippen LogP contribution in [0.3, 0.4) is 0 Å². The SMILES string of the molecule is CN/C=C1/C=C(c2nc(-c3nnc[nH]3)c3cc(N4CCB(C#N)CC4)ccc3n2)C(O)=C(C)C1=N. The molecule has 1 fully saturated rings. The molecule has 4 N–H and O–H groups in total. The quantitative estimate of drug-likeness (QED) is 0.429. The first-order valence-corrected chi connectivity index (χ1v) is 11.4. The van der Waals surface area contributed by atoms with Gasteiger partial charge in [-0.15, -0.1) is 10.2 Å². The molecule has 0 bridgehead atoms. The van der Waals surface area contributed by atoms with Gasteiger partial charge >= 0.3 is 0 Å². The number of anilines is 1. The molecule has 0 radical (unpaired) electrons. The molecule has 174 valence electrons. The predicted octanol–water partition coefficient (Wildman–Crippen LogP) is 3.14. The average molecular weight is 465 g/mol. The number of aliphatic hydroxyl groups excluding tert-OH is 1. The number of nitrogens with one attached hydrogen (secondary N) is 3. The Kier molecular flexibility index (Phi) is 5.78. The van der Waals surface area contributed by atoms with E-state index in [1.54, 1.807) is 26.2 Å². The van der Waals surface area contributed by atoms with Gasteiger partial charge in [0.15, 0.2) is 11.6 Å². The molecule has 3 aromatic rings. The maximum absolute atomic E-state index is 10.9. The molecule has 3 heterocycles. The fraction of sp³-hybridized carbons (Fsp3) is 0.250. The van der Waals surface area contributed by atoms with Crippen LogP contribution in [0.1, 0.15) is 12.7 Å². The van der Waals surface area contributed by atoms with Gasteiger partial charge in [0, 0.05) is 54.5 Å². The molecule has 1 saturated heterocycles. The third kappa shape index (κ3) is 4.03. The molecular formula is C24H24BN9O. The molecule has 0 amide bonds. The van der Waals surface area contributed by atoms with E-state index in [-0.39, 0.29) is 18.2 Å². The van der Waals surface area contributed by atoms with Gasteiger partial charge in [-0.1, -0.05) is 0 Å². The number of aliphatic hydroxyl groups is 1. The molecule has 1 aliphatic carbocycles. The van der Waals surface area contributed by atoms with Crippen molar-refractivity contribution in [2.24, 2.45) is 0 Å². The third-order valence-corrected chi connectivity index (χ3v) is 6.48. The summed E-state index contributed by atoms with van der Waals surface area (Å²) in [5.74, 6) is 3.18. The molecule has 0 saturated carbocycles. The lowest BCUT2D eigenvalue weighted by Crippen LogP contribution is -2.36. The number of aromatic amines is 1. The third-order valence-electron chi connectivity index (χ3n) is 6.48. The molecule has 5 rings (SSSR count). The van der Waals surface area contributed by atoms with Gasteiger partial charge < -0.3 is 20.3 Å². The normalized spacial score (nSPS) is 17.7. The summed E-state index contributed by atoms with van der Waals surface area (Å²) in [5, 5.41) is 40.3. The highest BCUT2D eigenvalue weighted by Gasteiger charge is 2.26. The number of nitrogens with zero attached hydrogens (tertiary/aromatic N) is 6. The number of fused-ring (bicyclic) bond motifs is 1. The van der Waals surface area contributed by atoms with Gasteiger partial charge in [0.2, 0.25) is 0 Å². The van der Waals surface area contributed by atoms with E-state index in [9.17, 15) is 10.4 Å². The first-order chi connectivity index (χ1) is 17.0. The van der Waals surface area contributed by atoms with Gasteiger partial charge in [-0.2, -0.15) is 0 Å². The highest BCUT2D eigenvalue weighted by molar-refractivity contribution is 6.67. The van der Waals surface area contributed by atoms with Crippen LogP contribution in [-0.2, 0) is 0 Å². The van der Waals surface area contributed by atoms with Crippen molar-refractivity contribution in [1.29, 1.82) is 10.7 Å². The van der Waals surface area contributed by atoms with Crippen LogP contribution in [0.25, 0.3) is 28.0 Å². The highest BCUT2D eigenvalue weighted by atomic mass is 16.3. The lowest BCUT2D eigenvalue weighted by atomic mass is 9.45. The van der Waals surface area contributed by atoms with Crippen LogP contribution in [0.15, 0.2) is 53.7 Å². The number of allylic oxidation sites excluding steroid dienone is 4. The second kappa shape index (κ2) is 9.06. The minimum Gasteiger partial charge on any atom is -0.507 e. The number of benzene rings is 1. The molecule has 0 spiro atoms. The Hall–Kier alpha value is -4.46. The van der Waals surface area contributed by atoms with Gasteiger partial charge in [-0.25, -0.2) is 15.2 Å². The van der Waals surface area contributed by atoms with E-state index >= 15 is 0 Å². The molecule has 2 aliphatic rings. The van der Waals surface area contributed by atoms with Crippen molar-refractivity contribution in [3.05, 3.63) is 59.5 Å². The Bertz CT molecular complexity index is 1440. The minimum atomic E-state index is -0.0249. The fourth-order valence-electron chi connectivity index (χ4n) is 4.47. The zero-order chi connectivity index (χ0) is 24.5. The Morgan fingerprint density at radius 1 is 1.29 bits per heavy atom. The standard InChI is InChI=1S/C24H24BN9O/c1-14-20(27)15(11-28-2)9-18(22(14)35)23-31-19-4-3-16(34-7-5-25(12-26)6-8-34)10-17(19)21(32-23)24-29-13-30-33-24/h3-4,9-11,13,27-28,35H,5-8H2,1-2H3,(H,29,30,33)/b15-11-,27-20?. The van der Waals surface area contributed by atoms with Crippen LogP contribution < -0.4 is 10.2 Å². The van der Waals surface area contributed by atoms with Crippen molar-refractivity contribution in [1.82, 2.24) is 30.5 Å². The molecule has 10 nitrogen and oxygen atoms in total. The Labute approximate surface area is 202 Å². The fourth-order valence-corrected chi connectivity index (χ4v) is 4.47. The van der Waals surface area contributed by atoms with E-state index in [4.69, 9.17) is 15.4 Å². The molecule has 1 aliphatic heterocycles. The van der Waals surface area contributed by atoms with Crippen molar-refractivity contribution in [2.45, 2.75) is 19.6 Å². The van der Waals surface area contributed by atoms with Crippen LogP contribution in [0.2, 0.25) is 12.6 Å². The van der Waals surface area contributed by atoms with Crippen molar-refractivity contribution in [2.75, 3.05) is 25.0 Å². The number of hydrogen-bond donors (Lipinski definition) is 4. The maximum Gasteiger partial charge on any atom is 0.271 e. The summed E-state index contributed by atoms with van der Waals surface area (Å²) in [6.45, 7) is 3.45. The van der Waals surface area contributed by atoms with Crippen LogP contribution >= 0.6 is 0 Å². The number of aromatic nitrogens is 5. The monoisotopic (exact) mass is 465 g/mol. The summed E-state index contributed by atoms with van der Waals surface area (Å²) >= 11 is 0. The van der Waals surface area contributed by atoms with Crippen molar-refractivity contribution < 1.29 is 5.11 Å². The summed E-state index contributed by atoms with van der Waals surface area (Å²) in [4.78, 5) is 14.9. The van der Waals surface area contributed by atoms with E-state index < -0.39 is 0 Å². The van der Waals surface area contributed by atoms with Gasteiger partial charge in [-0.05, 0) is 43.8 Å². The Balaban J connectivity index is 1.64. The van der Waals surface area contributed by atoms with Gasteiger partial charge in [0.05, 0.1) is 16.8 Å². The molecule has 35 heavy (non-hydrogen) atoms. The van der Waals surface area contributed by atoms with E-state index in [0.717, 1.165) is 36.8 Å². The Morgan fingerprint density at radius 3 is 2.77 bits per heavy atom. The van der Waals surface area contributed by atoms with E-state index in [2.05, 4.69) is 31.4 Å². The predicted molar refractivity (Wildman–Crippen MR) is 136 cm³/mol. The molecule has 1 aromatic carbocycles. The van der Waals surface area contributed by atoms with Crippen LogP contribution in [0, 0.1) is 16.6 Å². The molecule has 2 aromatic heterocycles. The van der Waals surface area contributed by atoms with E-state index in [1.165, 1.54) is 6.33 Å². The smallest absolute Gasteiger partial charge is 0.271 e. The molecular weight excluding hydrogens is 441 g/mol. The largest absolute Gasteiger partial charge is 0.507 e. The summed E-state index contributed by atoms with van der Waals surface area (Å²) in [5.41, 5.74) is 4.05. The minimum absolute atomic E-state index is 0.0249. The summed E-state index contributed by atoms with van der Waals surface area (Å²) in [7, 11) is 1.76. The number of rotatable bonds is 4. The molecule has 0 atom stereocenters. The molecule has 11 heteroatoms. The lowest BCUT2D eigenvalue weighted by Gasteiger charge is -2.30. The van der Waals surface area contributed by atoms with E-state index in [0.29, 0.717) is 39.6 Å². The van der Waals surface area contributed by atoms with Crippen LogP contribution in [0.5, 0.6) is 0 Å². The first-order valence-electron chi connectivity index (χ1n) is 11.4. The summed E-state index contributed by atoms with van der Waals surface area (Å²) in [6, 6.07) is 6.01. The van der Waals surface area contributed by atoms with Crippen LogP contribution in [0.4, 0.5) is 5.69 Å². The van der Waals surface area contributed by atoms with Gasteiger partial charge in [0.1, 0.15) is 17.8 Å². The van der Waals surface area contributed by atoms with Crippen molar-refractivity contribution >= 4 is 34.6 Å². The maximum atomic E-state index is 10.9.